The summed E-state index contributed by atoms with van der Waals surface area (Å²) in [7, 11) is 2.26. The van der Waals surface area contributed by atoms with E-state index in [1.807, 2.05) is 0 Å². The lowest BCUT2D eigenvalue weighted by atomic mass is 10.3. The lowest BCUT2D eigenvalue weighted by molar-refractivity contribution is 0.637. The van der Waals surface area contributed by atoms with Crippen LogP contribution in [-0.4, -0.2) is 0 Å². The van der Waals surface area contributed by atoms with Crippen molar-refractivity contribution in [3.63, 3.8) is 0 Å². The molecule has 0 saturated heterocycles. The zero-order chi connectivity index (χ0) is 6.85. The number of halogens is 2. The largest absolute Gasteiger partial charge is 0.205 e. The Bertz CT molecular complexity index is 204. The first kappa shape index (κ1) is 6.98. The zero-order valence-corrected chi connectivity index (χ0v) is 6.48. The fraction of sp³-hybridized carbons (Fsp3) is 0. The van der Waals surface area contributed by atoms with Gasteiger partial charge in [-0.25, -0.2) is 4.39 Å². The second kappa shape index (κ2) is 2.64. The summed E-state index contributed by atoms with van der Waals surface area (Å²) in [4.78, 5) is 0. The fourth-order valence-corrected chi connectivity index (χ4v) is 1.06. The summed E-state index contributed by atoms with van der Waals surface area (Å²) < 4.78 is 12.6. The standard InChI is InChI=1S/C6H5ClFP/c7-4-2-1-3-5(9)6(4)8/h1-3H,9H2. The minimum absolute atomic E-state index is 0.169. The van der Waals surface area contributed by atoms with Crippen LogP contribution in [0.2, 0.25) is 5.02 Å². The molecule has 0 N–H and O–H groups in total. The highest BCUT2D eigenvalue weighted by Crippen LogP contribution is 2.11. The van der Waals surface area contributed by atoms with Gasteiger partial charge < -0.3 is 0 Å². The molecule has 3 heteroatoms. The summed E-state index contributed by atoms with van der Waals surface area (Å²) in [6.45, 7) is 0. The van der Waals surface area contributed by atoms with E-state index in [0.717, 1.165) is 0 Å². The molecule has 0 radical (unpaired) electrons. The molecule has 9 heavy (non-hydrogen) atoms. The van der Waals surface area contributed by atoms with Crippen molar-refractivity contribution >= 4 is 26.1 Å². The van der Waals surface area contributed by atoms with Gasteiger partial charge in [0.2, 0.25) is 0 Å². The van der Waals surface area contributed by atoms with Gasteiger partial charge in [0.1, 0.15) is 5.82 Å². The molecular weight excluding hydrogens is 157 g/mol. The van der Waals surface area contributed by atoms with E-state index >= 15 is 0 Å². The molecule has 0 aliphatic rings. The second-order valence-corrected chi connectivity index (χ2v) is 2.67. The van der Waals surface area contributed by atoms with E-state index in [0.29, 0.717) is 5.30 Å². The van der Waals surface area contributed by atoms with Crippen molar-refractivity contribution in [3.05, 3.63) is 29.0 Å². The maximum Gasteiger partial charge on any atom is 0.148 e. The number of hydrogen-bond donors (Lipinski definition) is 0. The van der Waals surface area contributed by atoms with Gasteiger partial charge in [-0.05, 0) is 6.07 Å². The van der Waals surface area contributed by atoms with Crippen molar-refractivity contribution in [3.8, 4) is 0 Å². The van der Waals surface area contributed by atoms with E-state index < -0.39 is 0 Å². The highest BCUT2D eigenvalue weighted by molar-refractivity contribution is 7.27. The molecule has 1 unspecified atom stereocenters. The summed E-state index contributed by atoms with van der Waals surface area (Å²) in [5.74, 6) is -0.357. The van der Waals surface area contributed by atoms with Gasteiger partial charge in [-0.15, -0.1) is 9.24 Å². The van der Waals surface area contributed by atoms with Gasteiger partial charge in [0, 0.05) is 5.30 Å². The summed E-state index contributed by atoms with van der Waals surface area (Å²) in [5, 5.41) is 0.671. The molecule has 48 valence electrons. The average molecular weight is 163 g/mol. The minimum atomic E-state index is -0.357. The van der Waals surface area contributed by atoms with Crippen molar-refractivity contribution in [1.82, 2.24) is 0 Å². The maximum atomic E-state index is 12.6. The third kappa shape index (κ3) is 1.41. The van der Waals surface area contributed by atoms with Crippen LogP contribution < -0.4 is 5.30 Å². The predicted molar refractivity (Wildman–Crippen MR) is 40.8 cm³/mol. The molecule has 0 aliphatic carbocycles. The van der Waals surface area contributed by atoms with E-state index in [9.17, 15) is 4.39 Å². The Hall–Kier alpha value is -0.130. The third-order valence-corrected chi connectivity index (χ3v) is 1.72. The van der Waals surface area contributed by atoms with E-state index in [-0.39, 0.29) is 10.8 Å². The molecule has 0 fully saturated rings. The Balaban J connectivity index is 3.25. The quantitative estimate of drug-likeness (QED) is 0.512. The normalized spacial score (nSPS) is 9.67. The van der Waals surface area contributed by atoms with Gasteiger partial charge in [-0.2, -0.15) is 0 Å². The van der Waals surface area contributed by atoms with Crippen LogP contribution in [0.25, 0.3) is 0 Å². The maximum absolute atomic E-state index is 12.6. The Morgan fingerprint density at radius 2 is 2.11 bits per heavy atom. The van der Waals surface area contributed by atoms with Gasteiger partial charge in [0.15, 0.2) is 0 Å². The molecular formula is C6H5ClFP. The highest BCUT2D eigenvalue weighted by Gasteiger charge is 1.99. The molecule has 1 atom stereocenters. The van der Waals surface area contributed by atoms with Crippen molar-refractivity contribution in [2.75, 3.05) is 0 Å². The monoisotopic (exact) mass is 162 g/mol. The lowest BCUT2D eigenvalue weighted by Gasteiger charge is -1.94. The number of rotatable bonds is 0. The van der Waals surface area contributed by atoms with E-state index in [4.69, 9.17) is 11.6 Å². The molecule has 0 aromatic heterocycles. The van der Waals surface area contributed by atoms with Crippen LogP contribution in [-0.2, 0) is 0 Å². The molecule has 0 bridgehead atoms. The Labute approximate surface area is 60.2 Å². The van der Waals surface area contributed by atoms with E-state index in [1.54, 1.807) is 12.1 Å². The third-order valence-electron chi connectivity index (χ3n) is 0.981. The zero-order valence-electron chi connectivity index (χ0n) is 4.57. The Morgan fingerprint density at radius 3 is 2.56 bits per heavy atom. The summed E-state index contributed by atoms with van der Waals surface area (Å²) in [6.07, 6.45) is 0. The first-order chi connectivity index (χ1) is 4.22. The molecule has 0 nitrogen and oxygen atoms in total. The first-order valence-electron chi connectivity index (χ1n) is 2.41. The molecule has 1 aromatic rings. The van der Waals surface area contributed by atoms with Crippen LogP contribution in [0.5, 0.6) is 0 Å². The molecule has 0 saturated carbocycles. The summed E-state index contributed by atoms with van der Waals surface area (Å²) in [6, 6.07) is 4.87. The lowest BCUT2D eigenvalue weighted by Crippen LogP contribution is -1.96. The van der Waals surface area contributed by atoms with E-state index in [2.05, 4.69) is 9.24 Å². The van der Waals surface area contributed by atoms with Crippen molar-refractivity contribution < 1.29 is 4.39 Å². The predicted octanol–water partition coefficient (Wildman–Crippen LogP) is 1.98. The van der Waals surface area contributed by atoms with Crippen LogP contribution in [0.3, 0.4) is 0 Å². The van der Waals surface area contributed by atoms with Gasteiger partial charge in [-0.3, -0.25) is 0 Å². The molecule has 0 aliphatic heterocycles. The minimum Gasteiger partial charge on any atom is -0.205 e. The smallest absolute Gasteiger partial charge is 0.148 e. The molecule has 1 aromatic carbocycles. The number of hydrogen-bond acceptors (Lipinski definition) is 0. The second-order valence-electron chi connectivity index (χ2n) is 1.64. The van der Waals surface area contributed by atoms with Crippen molar-refractivity contribution in [1.29, 1.82) is 0 Å². The first-order valence-corrected chi connectivity index (χ1v) is 3.37. The SMILES string of the molecule is Fc1c(P)cccc1Cl. The van der Waals surface area contributed by atoms with Crippen LogP contribution >= 0.6 is 20.8 Å². The van der Waals surface area contributed by atoms with Gasteiger partial charge in [0.05, 0.1) is 5.02 Å². The van der Waals surface area contributed by atoms with Crippen LogP contribution in [0, 0.1) is 5.82 Å². The molecule has 0 amide bonds. The summed E-state index contributed by atoms with van der Waals surface area (Å²) >= 11 is 5.43. The average Bonchev–Trinajstić information content (AvgIpc) is 1.83. The van der Waals surface area contributed by atoms with Crippen LogP contribution in [0.1, 0.15) is 0 Å². The Morgan fingerprint density at radius 1 is 1.44 bits per heavy atom. The van der Waals surface area contributed by atoms with Crippen molar-refractivity contribution in [2.45, 2.75) is 0 Å². The number of benzene rings is 1. The van der Waals surface area contributed by atoms with Gasteiger partial charge in [-0.1, -0.05) is 23.7 Å². The highest BCUT2D eigenvalue weighted by atomic mass is 35.5. The topological polar surface area (TPSA) is 0 Å². The van der Waals surface area contributed by atoms with E-state index in [1.165, 1.54) is 6.07 Å². The molecule has 0 spiro atoms. The molecule has 1 rings (SSSR count). The van der Waals surface area contributed by atoms with Gasteiger partial charge in [0.25, 0.3) is 0 Å². The van der Waals surface area contributed by atoms with Crippen molar-refractivity contribution in [2.24, 2.45) is 0 Å². The van der Waals surface area contributed by atoms with Crippen LogP contribution in [0.15, 0.2) is 18.2 Å². The summed E-state index contributed by atoms with van der Waals surface area (Å²) in [5.41, 5.74) is 0. The van der Waals surface area contributed by atoms with Gasteiger partial charge >= 0.3 is 0 Å². The van der Waals surface area contributed by atoms with Crippen LogP contribution in [0.4, 0.5) is 4.39 Å². The molecule has 0 heterocycles. The Kier molecular flexibility index (Phi) is 2.05. The fourth-order valence-electron chi connectivity index (χ4n) is 0.520.